The Morgan fingerprint density at radius 3 is 1.88 bits per heavy atom. The molecule has 0 aliphatic rings. The molecule has 0 spiro atoms. The van der Waals surface area contributed by atoms with Gasteiger partial charge < -0.3 is 14.6 Å². The highest BCUT2D eigenvalue weighted by molar-refractivity contribution is 5.71. The number of aryl methyl sites for hydroxylation is 2. The number of ether oxygens (including phenoxy) is 2. The molecule has 1 aromatic heterocycles. The van der Waals surface area contributed by atoms with E-state index in [0.717, 1.165) is 41.5 Å². The highest BCUT2D eigenvalue weighted by atomic mass is 16.6. The van der Waals surface area contributed by atoms with Crippen molar-refractivity contribution >= 4 is 5.97 Å². The highest BCUT2D eigenvalue weighted by Crippen LogP contribution is 2.32. The monoisotopic (exact) mass is 539 g/mol. The van der Waals surface area contributed by atoms with Gasteiger partial charge in [0.2, 0.25) is 0 Å². The zero-order valence-electron chi connectivity index (χ0n) is 23.5. The minimum absolute atomic E-state index is 0.0162. The van der Waals surface area contributed by atoms with Crippen LogP contribution in [0.3, 0.4) is 0 Å². The predicted octanol–water partition coefficient (Wildman–Crippen LogP) is 7.48. The average Bonchev–Trinajstić information content (AvgIpc) is 2.96. The maximum atomic E-state index is 11.9. The summed E-state index contributed by atoms with van der Waals surface area (Å²) in [6.45, 7) is 6.58. The van der Waals surface area contributed by atoms with Crippen LogP contribution in [0.15, 0.2) is 66.7 Å². The van der Waals surface area contributed by atoms with Gasteiger partial charge in [0.05, 0.1) is 5.56 Å². The topological polar surface area (TPSA) is 94.4 Å². The van der Waals surface area contributed by atoms with Crippen molar-refractivity contribution in [2.75, 3.05) is 13.2 Å². The number of hydrogen-bond acceptors (Lipinski definition) is 7. The number of esters is 1. The quantitative estimate of drug-likeness (QED) is 0.139. The Kier molecular flexibility index (Phi) is 10.2. The number of benzene rings is 3. The summed E-state index contributed by atoms with van der Waals surface area (Å²) in [6, 6.07) is 20.9. The number of hydrogen-bond donors (Lipinski definition) is 1. The molecule has 40 heavy (non-hydrogen) atoms. The van der Waals surface area contributed by atoms with E-state index in [1.54, 1.807) is 12.1 Å². The third kappa shape index (κ3) is 8.12. The number of aromatic nitrogens is 3. The Morgan fingerprint density at radius 2 is 1.30 bits per heavy atom. The smallest absolute Gasteiger partial charge is 0.305 e. The van der Waals surface area contributed by atoms with Crippen molar-refractivity contribution in [2.24, 2.45) is 0 Å². The van der Waals surface area contributed by atoms with Crippen molar-refractivity contribution in [2.45, 2.75) is 59.3 Å². The van der Waals surface area contributed by atoms with Crippen molar-refractivity contribution in [1.29, 1.82) is 0 Å². The summed E-state index contributed by atoms with van der Waals surface area (Å²) in [6.07, 6.45) is 5.85. The van der Waals surface area contributed by atoms with Gasteiger partial charge in [-0.25, -0.2) is 15.0 Å². The lowest BCUT2D eigenvalue weighted by Gasteiger charge is -2.11. The first-order valence-corrected chi connectivity index (χ1v) is 13.9. The van der Waals surface area contributed by atoms with Crippen LogP contribution in [0, 0.1) is 13.8 Å². The first kappa shape index (κ1) is 28.7. The molecular formula is C33H37N3O4. The van der Waals surface area contributed by atoms with E-state index in [1.165, 1.54) is 18.9 Å². The zero-order valence-corrected chi connectivity index (χ0v) is 23.5. The van der Waals surface area contributed by atoms with Crippen LogP contribution >= 0.6 is 0 Å². The lowest BCUT2D eigenvalue weighted by atomic mass is 10.1. The molecule has 0 atom stereocenters. The van der Waals surface area contributed by atoms with Gasteiger partial charge in [-0.2, -0.15) is 0 Å². The van der Waals surface area contributed by atoms with Crippen molar-refractivity contribution in [3.63, 3.8) is 0 Å². The lowest BCUT2D eigenvalue weighted by Crippen LogP contribution is -2.12. The van der Waals surface area contributed by atoms with Crippen molar-refractivity contribution in [3.8, 4) is 45.7 Å². The van der Waals surface area contributed by atoms with Crippen molar-refractivity contribution in [1.82, 2.24) is 15.0 Å². The lowest BCUT2D eigenvalue weighted by molar-refractivity contribution is -0.144. The summed E-state index contributed by atoms with van der Waals surface area (Å²) in [4.78, 5) is 26.0. The molecule has 1 N–H and O–H groups in total. The molecule has 3 aromatic carbocycles. The molecule has 1 heterocycles. The standard InChI is InChI=1S/C33H37N3O4/c1-4-5-6-7-8-9-30(38)40-21-20-39-27-18-19-28(29(37)22-27)33-35-31(25-14-10-23(2)11-15-25)34-32(36-33)26-16-12-24(3)13-17-26/h10-19,22,37H,4-9,20-21H2,1-3H3. The van der Waals surface area contributed by atoms with Crippen molar-refractivity contribution in [3.05, 3.63) is 77.9 Å². The summed E-state index contributed by atoms with van der Waals surface area (Å²) in [5.74, 6) is 1.64. The largest absolute Gasteiger partial charge is 0.507 e. The van der Waals surface area contributed by atoms with Crippen LogP contribution in [0.2, 0.25) is 0 Å². The van der Waals surface area contributed by atoms with E-state index in [1.807, 2.05) is 62.4 Å². The Bertz CT molecular complexity index is 1340. The fourth-order valence-corrected chi connectivity index (χ4v) is 4.21. The SMILES string of the molecule is CCCCCCCC(=O)OCCOc1ccc(-c2nc(-c3ccc(C)cc3)nc(-c3ccc(C)cc3)n2)c(O)c1. The Hall–Kier alpha value is -4.26. The average molecular weight is 540 g/mol. The number of nitrogens with zero attached hydrogens (tertiary/aromatic N) is 3. The summed E-state index contributed by atoms with van der Waals surface area (Å²) >= 11 is 0. The van der Waals surface area contributed by atoms with Gasteiger partial charge in [0.1, 0.15) is 24.7 Å². The van der Waals surface area contributed by atoms with E-state index >= 15 is 0 Å². The molecule has 4 aromatic rings. The van der Waals surface area contributed by atoms with E-state index in [2.05, 4.69) is 6.92 Å². The van der Waals surface area contributed by atoms with Gasteiger partial charge in [-0.15, -0.1) is 0 Å². The molecule has 4 rings (SSSR count). The van der Waals surface area contributed by atoms with Gasteiger partial charge in [-0.3, -0.25) is 4.79 Å². The number of carbonyl (C=O) groups excluding carboxylic acids is 1. The molecule has 208 valence electrons. The van der Waals surface area contributed by atoms with Crippen LogP contribution in [0.1, 0.15) is 56.6 Å². The number of carbonyl (C=O) groups is 1. The fourth-order valence-electron chi connectivity index (χ4n) is 4.21. The molecule has 0 bridgehead atoms. The summed E-state index contributed by atoms with van der Waals surface area (Å²) < 4.78 is 11.0. The van der Waals surface area contributed by atoms with Crippen LogP contribution < -0.4 is 4.74 Å². The highest BCUT2D eigenvalue weighted by Gasteiger charge is 2.15. The van der Waals surface area contributed by atoms with Crippen LogP contribution in [-0.4, -0.2) is 39.2 Å². The second-order valence-corrected chi connectivity index (χ2v) is 9.95. The molecule has 7 heteroatoms. The first-order chi connectivity index (χ1) is 19.4. The number of phenolic OH excluding ortho intramolecular Hbond substituents is 1. The van der Waals surface area contributed by atoms with Gasteiger partial charge in [0, 0.05) is 23.6 Å². The van der Waals surface area contributed by atoms with Crippen LogP contribution in [0.25, 0.3) is 34.2 Å². The maximum absolute atomic E-state index is 11.9. The normalized spacial score (nSPS) is 10.9. The number of aromatic hydroxyl groups is 1. The van der Waals surface area contributed by atoms with Gasteiger partial charge in [0.15, 0.2) is 17.5 Å². The van der Waals surface area contributed by atoms with E-state index in [-0.39, 0.29) is 24.9 Å². The Balaban J connectivity index is 1.46. The van der Waals surface area contributed by atoms with Gasteiger partial charge in [-0.1, -0.05) is 92.3 Å². The van der Waals surface area contributed by atoms with Gasteiger partial charge in [0.25, 0.3) is 0 Å². The molecule has 0 fully saturated rings. The van der Waals surface area contributed by atoms with Crippen LogP contribution in [0.4, 0.5) is 0 Å². The third-order valence-corrected chi connectivity index (χ3v) is 6.56. The van der Waals surface area contributed by atoms with Crippen LogP contribution in [0.5, 0.6) is 11.5 Å². The number of rotatable bonds is 13. The second kappa shape index (κ2) is 14.2. The molecule has 0 aliphatic carbocycles. The molecule has 7 nitrogen and oxygen atoms in total. The Labute approximate surface area is 236 Å². The molecule has 0 aliphatic heterocycles. The van der Waals surface area contributed by atoms with Crippen molar-refractivity contribution < 1.29 is 19.4 Å². The van der Waals surface area contributed by atoms with Gasteiger partial charge in [-0.05, 0) is 32.4 Å². The van der Waals surface area contributed by atoms with E-state index in [4.69, 9.17) is 24.4 Å². The molecule has 0 saturated heterocycles. The molecule has 0 saturated carbocycles. The van der Waals surface area contributed by atoms with E-state index in [0.29, 0.717) is 35.2 Å². The number of unbranched alkanes of at least 4 members (excludes halogenated alkanes) is 4. The minimum Gasteiger partial charge on any atom is -0.507 e. The molecule has 0 unspecified atom stereocenters. The zero-order chi connectivity index (χ0) is 28.3. The molecule has 0 amide bonds. The van der Waals surface area contributed by atoms with E-state index in [9.17, 15) is 9.90 Å². The fraction of sp³-hybridized carbons (Fsp3) is 0.333. The minimum atomic E-state index is -0.207. The predicted molar refractivity (Wildman–Crippen MR) is 157 cm³/mol. The summed E-state index contributed by atoms with van der Waals surface area (Å²) in [5, 5.41) is 10.9. The number of phenols is 1. The third-order valence-electron chi connectivity index (χ3n) is 6.56. The van der Waals surface area contributed by atoms with E-state index < -0.39 is 0 Å². The Morgan fingerprint density at radius 1 is 0.725 bits per heavy atom. The summed E-state index contributed by atoms with van der Waals surface area (Å²) in [7, 11) is 0. The van der Waals surface area contributed by atoms with Crippen LogP contribution in [-0.2, 0) is 9.53 Å². The second-order valence-electron chi connectivity index (χ2n) is 9.95. The van der Waals surface area contributed by atoms with Gasteiger partial charge >= 0.3 is 5.97 Å². The maximum Gasteiger partial charge on any atom is 0.305 e. The summed E-state index contributed by atoms with van der Waals surface area (Å²) in [5.41, 5.74) is 4.46. The molecule has 0 radical (unpaired) electrons. The first-order valence-electron chi connectivity index (χ1n) is 13.9. The molecular weight excluding hydrogens is 502 g/mol.